The lowest BCUT2D eigenvalue weighted by molar-refractivity contribution is 0.102. The molecule has 2 N–H and O–H groups in total. The van der Waals surface area contributed by atoms with Crippen LogP contribution in [0.3, 0.4) is 0 Å². The maximum absolute atomic E-state index is 13.1. The van der Waals surface area contributed by atoms with Crippen LogP contribution in [0.2, 0.25) is 0 Å². The average Bonchev–Trinajstić information content (AvgIpc) is 2.76. The van der Waals surface area contributed by atoms with Gasteiger partial charge in [-0.1, -0.05) is 18.2 Å². The number of ether oxygens (including phenoxy) is 2. The van der Waals surface area contributed by atoms with Crippen LogP contribution in [0.4, 0.5) is 11.4 Å². The summed E-state index contributed by atoms with van der Waals surface area (Å²) in [5.41, 5.74) is 3.56. The minimum atomic E-state index is -3.90. The average molecular weight is 455 g/mol. The molecule has 3 aromatic carbocycles. The molecule has 0 spiro atoms. The first-order valence-electron chi connectivity index (χ1n) is 9.89. The van der Waals surface area contributed by atoms with E-state index in [1.165, 1.54) is 20.3 Å². The summed E-state index contributed by atoms with van der Waals surface area (Å²) in [4.78, 5) is 12.9. The molecule has 0 saturated heterocycles. The Morgan fingerprint density at radius 3 is 2.25 bits per heavy atom. The number of hydrogen-bond acceptors (Lipinski definition) is 5. The van der Waals surface area contributed by atoms with Gasteiger partial charge < -0.3 is 14.8 Å². The fourth-order valence-corrected chi connectivity index (χ4v) is 4.60. The summed E-state index contributed by atoms with van der Waals surface area (Å²) in [5.74, 6) is 0.558. The largest absolute Gasteiger partial charge is 0.493 e. The molecular weight excluding hydrogens is 428 g/mol. The SMILES string of the molecule is COc1ccc(NC(=O)c2ccc(C)c(S(=O)(=O)Nc3cccc(C)c3C)c2)cc1OC. The predicted molar refractivity (Wildman–Crippen MR) is 125 cm³/mol. The summed E-state index contributed by atoms with van der Waals surface area (Å²) in [6, 6.07) is 15.0. The Morgan fingerprint density at radius 2 is 1.56 bits per heavy atom. The second kappa shape index (κ2) is 9.32. The van der Waals surface area contributed by atoms with Gasteiger partial charge >= 0.3 is 0 Å². The van der Waals surface area contributed by atoms with E-state index in [1.807, 2.05) is 19.9 Å². The zero-order chi connectivity index (χ0) is 23.5. The molecule has 0 atom stereocenters. The van der Waals surface area contributed by atoms with E-state index < -0.39 is 15.9 Å². The van der Waals surface area contributed by atoms with Crippen molar-refractivity contribution in [1.82, 2.24) is 0 Å². The first-order valence-corrected chi connectivity index (χ1v) is 11.4. The fraction of sp³-hybridized carbons (Fsp3) is 0.208. The molecule has 0 bridgehead atoms. The zero-order valence-corrected chi connectivity index (χ0v) is 19.5. The highest BCUT2D eigenvalue weighted by Crippen LogP contribution is 2.30. The third kappa shape index (κ3) is 4.86. The smallest absolute Gasteiger partial charge is 0.262 e. The van der Waals surface area contributed by atoms with E-state index in [9.17, 15) is 13.2 Å². The molecule has 3 rings (SSSR count). The van der Waals surface area contributed by atoms with Gasteiger partial charge in [0.15, 0.2) is 11.5 Å². The quantitative estimate of drug-likeness (QED) is 0.541. The topological polar surface area (TPSA) is 93.7 Å². The predicted octanol–water partition coefficient (Wildman–Crippen LogP) is 4.68. The lowest BCUT2D eigenvalue weighted by atomic mass is 10.1. The Morgan fingerprint density at radius 1 is 0.844 bits per heavy atom. The molecule has 0 aliphatic carbocycles. The van der Waals surface area contributed by atoms with Gasteiger partial charge in [-0.25, -0.2) is 8.42 Å². The van der Waals surface area contributed by atoms with Crippen LogP contribution in [0.1, 0.15) is 27.0 Å². The summed E-state index contributed by atoms with van der Waals surface area (Å²) in [7, 11) is -0.870. The van der Waals surface area contributed by atoms with Crippen LogP contribution in [-0.2, 0) is 10.0 Å². The minimum absolute atomic E-state index is 0.0402. The van der Waals surface area contributed by atoms with Crippen molar-refractivity contribution in [2.24, 2.45) is 0 Å². The molecule has 0 saturated carbocycles. The standard InChI is InChI=1S/C24H26N2O5S/c1-15-7-6-8-20(17(15)3)26-32(28,29)23-13-18(10-9-16(23)2)24(27)25-19-11-12-21(30-4)22(14-19)31-5/h6-14,26H,1-5H3,(H,25,27). The summed E-state index contributed by atoms with van der Waals surface area (Å²) in [6.45, 7) is 5.46. The Kier molecular flexibility index (Phi) is 6.74. The van der Waals surface area contributed by atoms with Crippen LogP contribution < -0.4 is 19.5 Å². The van der Waals surface area contributed by atoms with Crippen molar-refractivity contribution < 1.29 is 22.7 Å². The Bertz CT molecular complexity index is 1270. The van der Waals surface area contributed by atoms with E-state index in [0.717, 1.165) is 11.1 Å². The van der Waals surface area contributed by atoms with Gasteiger partial charge in [0.2, 0.25) is 0 Å². The summed E-state index contributed by atoms with van der Waals surface area (Å²) in [6.07, 6.45) is 0. The Labute approximate surface area is 188 Å². The van der Waals surface area contributed by atoms with E-state index in [2.05, 4.69) is 10.0 Å². The Balaban J connectivity index is 1.89. The lowest BCUT2D eigenvalue weighted by Crippen LogP contribution is -2.17. The number of nitrogens with one attached hydrogen (secondary N) is 2. The highest BCUT2D eigenvalue weighted by Gasteiger charge is 2.20. The molecule has 0 radical (unpaired) electrons. The van der Waals surface area contributed by atoms with Crippen molar-refractivity contribution in [2.45, 2.75) is 25.7 Å². The fourth-order valence-electron chi connectivity index (χ4n) is 3.21. The van der Waals surface area contributed by atoms with Gasteiger partial charge in [-0.15, -0.1) is 0 Å². The molecule has 3 aromatic rings. The molecule has 1 amide bonds. The van der Waals surface area contributed by atoms with Gasteiger partial charge in [0.1, 0.15) is 0 Å². The van der Waals surface area contributed by atoms with Gasteiger partial charge in [-0.05, 0) is 67.8 Å². The number of carbonyl (C=O) groups excluding carboxylic acids is 1. The molecule has 0 aliphatic heterocycles. The highest BCUT2D eigenvalue weighted by atomic mass is 32.2. The number of rotatable bonds is 7. The number of hydrogen-bond donors (Lipinski definition) is 2. The molecule has 0 aromatic heterocycles. The molecule has 0 unspecified atom stereocenters. The number of anilines is 2. The molecule has 0 fully saturated rings. The van der Waals surface area contributed by atoms with E-state index in [4.69, 9.17) is 9.47 Å². The second-order valence-electron chi connectivity index (χ2n) is 7.36. The van der Waals surface area contributed by atoms with Gasteiger partial charge in [-0.2, -0.15) is 0 Å². The molecule has 7 nitrogen and oxygen atoms in total. The highest BCUT2D eigenvalue weighted by molar-refractivity contribution is 7.92. The molecule has 32 heavy (non-hydrogen) atoms. The third-order valence-electron chi connectivity index (χ3n) is 5.23. The van der Waals surface area contributed by atoms with Crippen LogP contribution in [0.15, 0.2) is 59.5 Å². The van der Waals surface area contributed by atoms with E-state index in [-0.39, 0.29) is 10.5 Å². The van der Waals surface area contributed by atoms with Gasteiger partial charge in [0.25, 0.3) is 15.9 Å². The normalized spacial score (nSPS) is 11.0. The lowest BCUT2D eigenvalue weighted by Gasteiger charge is -2.15. The minimum Gasteiger partial charge on any atom is -0.493 e. The number of methoxy groups -OCH3 is 2. The maximum Gasteiger partial charge on any atom is 0.262 e. The van der Waals surface area contributed by atoms with Gasteiger partial charge in [-0.3, -0.25) is 9.52 Å². The van der Waals surface area contributed by atoms with Crippen molar-refractivity contribution in [3.05, 3.63) is 76.9 Å². The van der Waals surface area contributed by atoms with E-state index in [0.29, 0.717) is 28.4 Å². The van der Waals surface area contributed by atoms with Crippen molar-refractivity contribution in [3.8, 4) is 11.5 Å². The molecule has 168 valence electrons. The Hall–Kier alpha value is -3.52. The van der Waals surface area contributed by atoms with E-state index >= 15 is 0 Å². The van der Waals surface area contributed by atoms with Crippen LogP contribution in [0.25, 0.3) is 0 Å². The first-order chi connectivity index (χ1) is 15.2. The van der Waals surface area contributed by atoms with E-state index in [1.54, 1.807) is 49.4 Å². The first kappa shape index (κ1) is 23.1. The number of aryl methyl sites for hydroxylation is 2. The van der Waals surface area contributed by atoms with Crippen LogP contribution in [0, 0.1) is 20.8 Å². The number of sulfonamides is 1. The van der Waals surface area contributed by atoms with Crippen LogP contribution >= 0.6 is 0 Å². The third-order valence-corrected chi connectivity index (χ3v) is 6.74. The molecule has 8 heteroatoms. The molecule has 0 aliphatic rings. The zero-order valence-electron chi connectivity index (χ0n) is 18.6. The monoisotopic (exact) mass is 454 g/mol. The molecular formula is C24H26N2O5S. The van der Waals surface area contributed by atoms with Crippen molar-refractivity contribution in [1.29, 1.82) is 0 Å². The van der Waals surface area contributed by atoms with Crippen molar-refractivity contribution in [2.75, 3.05) is 24.3 Å². The van der Waals surface area contributed by atoms with Gasteiger partial charge in [0, 0.05) is 17.3 Å². The number of amides is 1. The van der Waals surface area contributed by atoms with Crippen molar-refractivity contribution in [3.63, 3.8) is 0 Å². The van der Waals surface area contributed by atoms with Crippen LogP contribution in [-0.4, -0.2) is 28.5 Å². The number of carbonyl (C=O) groups is 1. The maximum atomic E-state index is 13.1. The molecule has 0 heterocycles. The summed E-state index contributed by atoms with van der Waals surface area (Å²) in [5, 5.41) is 2.76. The number of benzene rings is 3. The van der Waals surface area contributed by atoms with Crippen molar-refractivity contribution >= 4 is 27.3 Å². The summed E-state index contributed by atoms with van der Waals surface area (Å²) < 4.78 is 39.3. The van der Waals surface area contributed by atoms with Gasteiger partial charge in [0.05, 0.1) is 24.8 Å². The van der Waals surface area contributed by atoms with Crippen LogP contribution in [0.5, 0.6) is 11.5 Å². The second-order valence-corrected chi connectivity index (χ2v) is 9.01. The summed E-state index contributed by atoms with van der Waals surface area (Å²) >= 11 is 0.